The van der Waals surface area contributed by atoms with Gasteiger partial charge >= 0.3 is 0 Å². The third-order valence-electron chi connectivity index (χ3n) is 3.81. The maximum atomic E-state index is 12.8. The lowest BCUT2D eigenvalue weighted by molar-refractivity contribution is -0.121. The molecule has 5 nitrogen and oxygen atoms in total. The smallest absolute Gasteiger partial charge is 0.220 e. The monoisotopic (exact) mass is 328 g/mol. The van der Waals surface area contributed by atoms with Crippen LogP contribution in [-0.4, -0.2) is 39.7 Å². The highest BCUT2D eigenvalue weighted by molar-refractivity contribution is 7.91. The van der Waals surface area contributed by atoms with Crippen LogP contribution in [0.5, 0.6) is 0 Å². The van der Waals surface area contributed by atoms with Crippen molar-refractivity contribution in [3.8, 4) is 0 Å². The molecule has 2 rings (SSSR count). The number of rotatable bonds is 7. The van der Waals surface area contributed by atoms with Crippen LogP contribution in [0.3, 0.4) is 0 Å². The van der Waals surface area contributed by atoms with Crippen molar-refractivity contribution in [2.45, 2.75) is 24.2 Å². The van der Waals surface area contributed by atoms with Crippen LogP contribution in [0.25, 0.3) is 0 Å². The van der Waals surface area contributed by atoms with Crippen molar-refractivity contribution in [2.75, 3.05) is 25.4 Å². The molecule has 0 radical (unpaired) electrons. The Morgan fingerprint density at radius 1 is 1.32 bits per heavy atom. The molecular weight excluding hydrogens is 307 g/mol. The topological polar surface area (TPSA) is 75.3 Å². The molecule has 1 aliphatic rings. The molecule has 1 unspecified atom stereocenters. The van der Waals surface area contributed by atoms with Gasteiger partial charge in [-0.3, -0.25) is 4.79 Å². The predicted molar refractivity (Wildman–Crippen MR) is 81.7 cm³/mol. The molecule has 1 aromatic rings. The SMILES string of the molecule is O=C(CCC1CCNC1)NCCS(=O)(=O)c1ccc(F)cc1. The van der Waals surface area contributed by atoms with Gasteiger partial charge in [0.15, 0.2) is 9.84 Å². The van der Waals surface area contributed by atoms with E-state index in [1.54, 1.807) is 0 Å². The Morgan fingerprint density at radius 2 is 2.05 bits per heavy atom. The van der Waals surface area contributed by atoms with E-state index in [1.807, 2.05) is 0 Å². The Labute approximate surface area is 130 Å². The number of amides is 1. The summed E-state index contributed by atoms with van der Waals surface area (Å²) in [5.41, 5.74) is 0. The van der Waals surface area contributed by atoms with E-state index in [0.717, 1.165) is 38.1 Å². The highest BCUT2D eigenvalue weighted by Crippen LogP contribution is 2.14. The largest absolute Gasteiger partial charge is 0.355 e. The molecular formula is C15H21FN2O3S. The minimum absolute atomic E-state index is 0.0696. The zero-order chi connectivity index (χ0) is 16.0. The van der Waals surface area contributed by atoms with Crippen LogP contribution in [0.4, 0.5) is 4.39 Å². The van der Waals surface area contributed by atoms with E-state index in [0.29, 0.717) is 12.3 Å². The average molecular weight is 328 g/mol. The Bertz CT molecular complexity index is 596. The van der Waals surface area contributed by atoms with E-state index >= 15 is 0 Å². The van der Waals surface area contributed by atoms with Crippen molar-refractivity contribution in [3.05, 3.63) is 30.1 Å². The first kappa shape index (κ1) is 16.9. The third-order valence-corrected chi connectivity index (χ3v) is 5.54. The Hall–Kier alpha value is -1.47. The highest BCUT2D eigenvalue weighted by atomic mass is 32.2. The predicted octanol–water partition coefficient (Wildman–Crippen LogP) is 1.11. The maximum absolute atomic E-state index is 12.8. The molecule has 1 aliphatic heterocycles. The van der Waals surface area contributed by atoms with Gasteiger partial charge in [0.1, 0.15) is 5.82 Å². The molecule has 1 atom stereocenters. The first-order chi connectivity index (χ1) is 10.5. The average Bonchev–Trinajstić information content (AvgIpc) is 2.99. The van der Waals surface area contributed by atoms with Gasteiger partial charge in [0.05, 0.1) is 10.6 Å². The number of carbonyl (C=O) groups is 1. The van der Waals surface area contributed by atoms with E-state index < -0.39 is 15.7 Å². The van der Waals surface area contributed by atoms with Crippen LogP contribution in [0, 0.1) is 11.7 Å². The van der Waals surface area contributed by atoms with E-state index in [1.165, 1.54) is 12.1 Å². The zero-order valence-corrected chi connectivity index (χ0v) is 13.2. The lowest BCUT2D eigenvalue weighted by atomic mass is 10.0. The summed E-state index contributed by atoms with van der Waals surface area (Å²) in [6, 6.07) is 4.70. The Kier molecular flexibility index (Phi) is 5.90. The van der Waals surface area contributed by atoms with Gasteiger partial charge in [-0.25, -0.2) is 12.8 Å². The summed E-state index contributed by atoms with van der Waals surface area (Å²) >= 11 is 0. The molecule has 0 saturated carbocycles. The molecule has 0 spiro atoms. The number of benzene rings is 1. The minimum atomic E-state index is -3.49. The third kappa shape index (κ3) is 5.06. The second kappa shape index (κ2) is 7.69. The molecule has 122 valence electrons. The summed E-state index contributed by atoms with van der Waals surface area (Å²) in [5.74, 6) is -0.251. The fraction of sp³-hybridized carbons (Fsp3) is 0.533. The molecule has 1 heterocycles. The normalized spacial score (nSPS) is 18.3. The zero-order valence-electron chi connectivity index (χ0n) is 12.3. The van der Waals surface area contributed by atoms with Gasteiger partial charge in [0.25, 0.3) is 0 Å². The fourth-order valence-electron chi connectivity index (χ4n) is 2.47. The molecule has 0 aliphatic carbocycles. The van der Waals surface area contributed by atoms with Crippen LogP contribution in [0.15, 0.2) is 29.2 Å². The number of nitrogens with one attached hydrogen (secondary N) is 2. The van der Waals surface area contributed by atoms with Gasteiger partial charge in [-0.05, 0) is 56.1 Å². The second-order valence-electron chi connectivity index (χ2n) is 5.52. The summed E-state index contributed by atoms with van der Waals surface area (Å²) in [5, 5.41) is 5.87. The van der Waals surface area contributed by atoms with E-state index in [-0.39, 0.29) is 23.1 Å². The van der Waals surface area contributed by atoms with E-state index in [2.05, 4.69) is 10.6 Å². The van der Waals surface area contributed by atoms with Gasteiger partial charge in [0.2, 0.25) is 5.91 Å². The Balaban J connectivity index is 1.72. The summed E-state index contributed by atoms with van der Waals surface area (Å²) in [4.78, 5) is 11.8. The van der Waals surface area contributed by atoms with Crippen molar-refractivity contribution >= 4 is 15.7 Å². The van der Waals surface area contributed by atoms with Crippen molar-refractivity contribution in [1.82, 2.24) is 10.6 Å². The first-order valence-electron chi connectivity index (χ1n) is 7.43. The van der Waals surface area contributed by atoms with Crippen LogP contribution in [-0.2, 0) is 14.6 Å². The number of halogens is 1. The molecule has 0 aromatic heterocycles. The molecule has 1 saturated heterocycles. The molecule has 1 amide bonds. The summed E-state index contributed by atoms with van der Waals surface area (Å²) < 4.78 is 36.8. The molecule has 1 aromatic carbocycles. The van der Waals surface area contributed by atoms with Crippen molar-refractivity contribution in [1.29, 1.82) is 0 Å². The number of hydrogen-bond donors (Lipinski definition) is 2. The van der Waals surface area contributed by atoms with Gasteiger partial charge in [-0.1, -0.05) is 0 Å². The molecule has 0 bridgehead atoms. The number of carbonyl (C=O) groups excluding carboxylic acids is 1. The molecule has 1 fully saturated rings. The van der Waals surface area contributed by atoms with Gasteiger partial charge in [-0.2, -0.15) is 0 Å². The maximum Gasteiger partial charge on any atom is 0.220 e. The number of sulfone groups is 1. The van der Waals surface area contributed by atoms with Crippen LogP contribution in [0.1, 0.15) is 19.3 Å². The summed E-state index contributed by atoms with van der Waals surface area (Å²) in [6.07, 6.45) is 2.33. The highest BCUT2D eigenvalue weighted by Gasteiger charge is 2.17. The number of hydrogen-bond acceptors (Lipinski definition) is 4. The lowest BCUT2D eigenvalue weighted by Crippen LogP contribution is -2.29. The van der Waals surface area contributed by atoms with Crippen molar-refractivity contribution in [3.63, 3.8) is 0 Å². The van der Waals surface area contributed by atoms with E-state index in [9.17, 15) is 17.6 Å². The molecule has 22 heavy (non-hydrogen) atoms. The minimum Gasteiger partial charge on any atom is -0.355 e. The van der Waals surface area contributed by atoms with Gasteiger partial charge < -0.3 is 10.6 Å². The van der Waals surface area contributed by atoms with Gasteiger partial charge in [-0.15, -0.1) is 0 Å². The fourth-order valence-corrected chi connectivity index (χ4v) is 3.63. The van der Waals surface area contributed by atoms with Crippen LogP contribution < -0.4 is 10.6 Å². The van der Waals surface area contributed by atoms with Crippen LogP contribution >= 0.6 is 0 Å². The summed E-state index contributed by atoms with van der Waals surface area (Å²) in [6.45, 7) is 2.02. The standard InChI is InChI=1S/C15H21FN2O3S/c16-13-2-4-14(5-3-13)22(20,21)10-9-18-15(19)6-1-12-7-8-17-11-12/h2-5,12,17H,1,6-11H2,(H,18,19). The Morgan fingerprint density at radius 3 is 2.68 bits per heavy atom. The van der Waals surface area contributed by atoms with E-state index in [4.69, 9.17) is 0 Å². The second-order valence-corrected chi connectivity index (χ2v) is 7.63. The quantitative estimate of drug-likeness (QED) is 0.735. The summed E-state index contributed by atoms with van der Waals surface area (Å²) in [7, 11) is -3.49. The van der Waals surface area contributed by atoms with Crippen molar-refractivity contribution in [2.24, 2.45) is 5.92 Å². The first-order valence-corrected chi connectivity index (χ1v) is 9.08. The molecule has 7 heteroatoms. The lowest BCUT2D eigenvalue weighted by Gasteiger charge is -2.09. The van der Waals surface area contributed by atoms with Crippen LogP contribution in [0.2, 0.25) is 0 Å². The molecule has 2 N–H and O–H groups in total. The van der Waals surface area contributed by atoms with Gasteiger partial charge in [0, 0.05) is 13.0 Å². The van der Waals surface area contributed by atoms with Crippen molar-refractivity contribution < 1.29 is 17.6 Å².